The van der Waals surface area contributed by atoms with Crippen molar-refractivity contribution in [3.8, 4) is 0 Å². The number of aliphatic hydroxyl groups excluding tert-OH is 1. The molecule has 52 valence electrons. The normalized spacial score (nSPS) is 7.33. The van der Waals surface area contributed by atoms with Crippen LogP contribution in [-0.4, -0.2) is 11.7 Å². The monoisotopic (exact) mass is 160 g/mol. The van der Waals surface area contributed by atoms with Gasteiger partial charge in [0, 0.05) is 6.61 Å². The first kappa shape index (κ1) is 16.7. The van der Waals surface area contributed by atoms with Gasteiger partial charge in [-0.05, 0) is 6.42 Å². The number of aliphatic hydroxyl groups is 1. The van der Waals surface area contributed by atoms with Gasteiger partial charge in [0.05, 0.1) is 0 Å². The SMILES string of the molecule is CCCCCCO.[Cl-].[Na+]. The number of hydrogen-bond acceptors (Lipinski definition) is 1. The van der Waals surface area contributed by atoms with Crippen LogP contribution in [-0.2, 0) is 0 Å². The van der Waals surface area contributed by atoms with Crippen molar-refractivity contribution < 1.29 is 47.1 Å². The van der Waals surface area contributed by atoms with E-state index in [0.717, 1.165) is 6.42 Å². The van der Waals surface area contributed by atoms with Crippen LogP contribution >= 0.6 is 0 Å². The molecule has 0 atom stereocenters. The third-order valence-electron chi connectivity index (χ3n) is 1.01. The minimum atomic E-state index is 0. The molecule has 0 spiro atoms. The smallest absolute Gasteiger partial charge is 1.00 e. The molecule has 1 N–H and O–H groups in total. The summed E-state index contributed by atoms with van der Waals surface area (Å²) in [5.41, 5.74) is 0. The van der Waals surface area contributed by atoms with Crippen molar-refractivity contribution in [3.63, 3.8) is 0 Å². The maximum Gasteiger partial charge on any atom is 1.00 e. The third-order valence-corrected chi connectivity index (χ3v) is 1.01. The fourth-order valence-electron chi connectivity index (χ4n) is 0.539. The van der Waals surface area contributed by atoms with Crippen molar-refractivity contribution in [1.29, 1.82) is 0 Å². The molecule has 0 rings (SSSR count). The van der Waals surface area contributed by atoms with Crippen molar-refractivity contribution in [3.05, 3.63) is 0 Å². The van der Waals surface area contributed by atoms with E-state index in [2.05, 4.69) is 6.92 Å². The van der Waals surface area contributed by atoms with Crippen LogP contribution < -0.4 is 42.0 Å². The van der Waals surface area contributed by atoms with Gasteiger partial charge in [-0.15, -0.1) is 0 Å². The van der Waals surface area contributed by atoms with Gasteiger partial charge in [-0.25, -0.2) is 0 Å². The fraction of sp³-hybridized carbons (Fsp3) is 1.00. The Kier molecular flexibility index (Phi) is 29.9. The Morgan fingerprint density at radius 3 is 2.00 bits per heavy atom. The summed E-state index contributed by atoms with van der Waals surface area (Å²) >= 11 is 0. The maximum atomic E-state index is 8.29. The second-order valence-corrected chi connectivity index (χ2v) is 1.78. The molecule has 0 saturated heterocycles. The average Bonchev–Trinajstić information content (AvgIpc) is 1.69. The molecule has 0 heterocycles. The van der Waals surface area contributed by atoms with E-state index in [0.29, 0.717) is 6.61 Å². The number of halogens is 1. The summed E-state index contributed by atoms with van der Waals surface area (Å²) in [7, 11) is 0. The van der Waals surface area contributed by atoms with E-state index < -0.39 is 0 Å². The third kappa shape index (κ3) is 17.6. The summed E-state index contributed by atoms with van der Waals surface area (Å²) in [6.07, 6.45) is 4.68. The Balaban J connectivity index is -0.000000180. The number of unbranched alkanes of at least 4 members (excludes halogenated alkanes) is 3. The van der Waals surface area contributed by atoms with Crippen LogP contribution in [0.2, 0.25) is 0 Å². The predicted octanol–water partition coefficient (Wildman–Crippen LogP) is -4.43. The average molecular weight is 161 g/mol. The van der Waals surface area contributed by atoms with Gasteiger partial charge < -0.3 is 17.5 Å². The summed E-state index contributed by atoms with van der Waals surface area (Å²) in [6, 6.07) is 0. The molecule has 0 aliphatic rings. The molecule has 0 unspecified atom stereocenters. The van der Waals surface area contributed by atoms with Crippen LogP contribution in [0.3, 0.4) is 0 Å². The molecule has 0 aliphatic carbocycles. The zero-order chi connectivity index (χ0) is 5.54. The summed E-state index contributed by atoms with van der Waals surface area (Å²) in [5, 5.41) is 8.29. The van der Waals surface area contributed by atoms with E-state index >= 15 is 0 Å². The van der Waals surface area contributed by atoms with Gasteiger partial charge in [0.15, 0.2) is 0 Å². The molecule has 0 aliphatic heterocycles. The second kappa shape index (κ2) is 16.1. The molecule has 0 saturated carbocycles. The largest absolute Gasteiger partial charge is 1.00 e. The molecule has 0 aromatic carbocycles. The topological polar surface area (TPSA) is 20.2 Å². The van der Waals surface area contributed by atoms with Crippen LogP contribution in [0.15, 0.2) is 0 Å². The van der Waals surface area contributed by atoms with Crippen molar-refractivity contribution in [2.24, 2.45) is 0 Å². The van der Waals surface area contributed by atoms with E-state index in [1.54, 1.807) is 0 Å². The fourth-order valence-corrected chi connectivity index (χ4v) is 0.539. The first-order valence-electron chi connectivity index (χ1n) is 3.02. The zero-order valence-corrected chi connectivity index (χ0v) is 9.12. The Bertz CT molecular complexity index is 32.2. The number of hydrogen-bond donors (Lipinski definition) is 1. The van der Waals surface area contributed by atoms with Crippen LogP contribution in [0.25, 0.3) is 0 Å². The number of rotatable bonds is 4. The molecule has 0 aromatic heterocycles. The standard InChI is InChI=1S/C6H14O.ClH.Na/c1-2-3-4-5-6-7;;/h7H,2-6H2,1H3;1H;/q;;+1/p-1. The Hall–Kier alpha value is 1.25. The molecule has 3 heteroatoms. The summed E-state index contributed by atoms with van der Waals surface area (Å²) in [6.45, 7) is 2.53. The van der Waals surface area contributed by atoms with Gasteiger partial charge in [-0.1, -0.05) is 26.2 Å². The minimum absolute atomic E-state index is 0. The zero-order valence-electron chi connectivity index (χ0n) is 6.36. The Morgan fingerprint density at radius 2 is 1.67 bits per heavy atom. The molecule has 0 amide bonds. The molecule has 0 fully saturated rings. The van der Waals surface area contributed by atoms with Crippen molar-refractivity contribution >= 4 is 0 Å². The van der Waals surface area contributed by atoms with E-state index in [1.807, 2.05) is 0 Å². The second-order valence-electron chi connectivity index (χ2n) is 1.78. The Labute approximate surface area is 85.9 Å². The molecular formula is C6H14ClNaO. The van der Waals surface area contributed by atoms with E-state index in [1.165, 1.54) is 19.3 Å². The summed E-state index contributed by atoms with van der Waals surface area (Å²) in [4.78, 5) is 0. The summed E-state index contributed by atoms with van der Waals surface area (Å²) in [5.74, 6) is 0. The molecule has 9 heavy (non-hydrogen) atoms. The van der Waals surface area contributed by atoms with Gasteiger partial charge in [0.2, 0.25) is 0 Å². The maximum absolute atomic E-state index is 8.29. The summed E-state index contributed by atoms with van der Waals surface area (Å²) < 4.78 is 0. The van der Waals surface area contributed by atoms with Crippen LogP contribution in [0, 0.1) is 0 Å². The van der Waals surface area contributed by atoms with Crippen LogP contribution in [0.5, 0.6) is 0 Å². The molecule has 0 radical (unpaired) electrons. The quantitative estimate of drug-likeness (QED) is 0.325. The molecule has 0 aromatic rings. The van der Waals surface area contributed by atoms with Crippen LogP contribution in [0.1, 0.15) is 32.6 Å². The van der Waals surface area contributed by atoms with E-state index in [4.69, 9.17) is 5.11 Å². The minimum Gasteiger partial charge on any atom is -1.00 e. The van der Waals surface area contributed by atoms with Gasteiger partial charge in [-0.3, -0.25) is 0 Å². The van der Waals surface area contributed by atoms with Crippen molar-refractivity contribution in [1.82, 2.24) is 0 Å². The molecule has 0 bridgehead atoms. The first-order chi connectivity index (χ1) is 3.41. The molecular weight excluding hydrogens is 147 g/mol. The van der Waals surface area contributed by atoms with E-state index in [-0.39, 0.29) is 42.0 Å². The van der Waals surface area contributed by atoms with Gasteiger partial charge >= 0.3 is 29.6 Å². The predicted molar refractivity (Wildman–Crippen MR) is 31.2 cm³/mol. The van der Waals surface area contributed by atoms with E-state index in [9.17, 15) is 0 Å². The Morgan fingerprint density at radius 1 is 1.11 bits per heavy atom. The van der Waals surface area contributed by atoms with Crippen LogP contribution in [0.4, 0.5) is 0 Å². The van der Waals surface area contributed by atoms with Gasteiger partial charge in [0.1, 0.15) is 0 Å². The first-order valence-corrected chi connectivity index (χ1v) is 3.02. The van der Waals surface area contributed by atoms with Crippen molar-refractivity contribution in [2.75, 3.05) is 6.61 Å². The van der Waals surface area contributed by atoms with Gasteiger partial charge in [-0.2, -0.15) is 0 Å². The van der Waals surface area contributed by atoms with Gasteiger partial charge in [0.25, 0.3) is 0 Å². The van der Waals surface area contributed by atoms with Crippen molar-refractivity contribution in [2.45, 2.75) is 32.6 Å². The molecule has 1 nitrogen and oxygen atoms in total.